The molecule has 1 aromatic carbocycles. The van der Waals surface area contributed by atoms with E-state index in [0.29, 0.717) is 0 Å². The Bertz CT molecular complexity index is 267. The van der Waals surface area contributed by atoms with Crippen LogP contribution in [0.2, 0.25) is 0 Å². The van der Waals surface area contributed by atoms with Crippen LogP contribution in [0, 0.1) is 5.92 Å². The SMILES string of the molecule is CCC[C@H](CC)CNCc1ccccc1.CN.O.O.S.[HH]. The Morgan fingerprint density at radius 3 is 2.10 bits per heavy atom. The van der Waals surface area contributed by atoms with E-state index in [2.05, 4.69) is 55.2 Å². The van der Waals surface area contributed by atoms with Crippen molar-refractivity contribution in [3.8, 4) is 0 Å². The molecule has 0 aromatic heterocycles. The summed E-state index contributed by atoms with van der Waals surface area (Å²) in [4.78, 5) is 0. The molecular formula is C15H36N2O2S. The molecule has 0 saturated heterocycles. The summed E-state index contributed by atoms with van der Waals surface area (Å²) in [6, 6.07) is 10.6. The summed E-state index contributed by atoms with van der Waals surface area (Å²) in [5.74, 6) is 0.846. The first-order chi connectivity index (χ1) is 8.36. The second kappa shape index (κ2) is 20.7. The average molecular weight is 309 g/mol. The second-order valence-electron chi connectivity index (χ2n) is 4.18. The van der Waals surface area contributed by atoms with Crippen LogP contribution in [0.25, 0.3) is 0 Å². The van der Waals surface area contributed by atoms with E-state index < -0.39 is 0 Å². The minimum atomic E-state index is 0. The van der Waals surface area contributed by atoms with E-state index in [9.17, 15) is 0 Å². The van der Waals surface area contributed by atoms with Crippen molar-refractivity contribution in [2.75, 3.05) is 13.6 Å². The quantitative estimate of drug-likeness (QED) is 0.803. The monoisotopic (exact) mass is 308 g/mol. The molecule has 1 atom stereocenters. The van der Waals surface area contributed by atoms with Gasteiger partial charge in [0.25, 0.3) is 0 Å². The summed E-state index contributed by atoms with van der Waals surface area (Å²) in [7, 11) is 1.50. The summed E-state index contributed by atoms with van der Waals surface area (Å²) in [6.45, 7) is 6.70. The molecule has 0 saturated carbocycles. The molecular weight excluding hydrogens is 272 g/mol. The summed E-state index contributed by atoms with van der Waals surface area (Å²) < 4.78 is 0. The van der Waals surface area contributed by atoms with Crippen molar-refractivity contribution in [2.45, 2.75) is 39.7 Å². The lowest BCUT2D eigenvalue weighted by Gasteiger charge is -2.14. The Labute approximate surface area is 132 Å². The molecule has 5 heteroatoms. The zero-order chi connectivity index (χ0) is 12.9. The van der Waals surface area contributed by atoms with Crippen molar-refractivity contribution < 1.29 is 12.4 Å². The van der Waals surface area contributed by atoms with Crippen molar-refractivity contribution in [3.63, 3.8) is 0 Å². The summed E-state index contributed by atoms with van der Waals surface area (Å²) in [5, 5.41) is 3.54. The largest absolute Gasteiger partial charge is 0.412 e. The van der Waals surface area contributed by atoms with Gasteiger partial charge < -0.3 is 22.0 Å². The van der Waals surface area contributed by atoms with Crippen molar-refractivity contribution in [1.82, 2.24) is 5.32 Å². The highest BCUT2D eigenvalue weighted by molar-refractivity contribution is 7.59. The fourth-order valence-corrected chi connectivity index (χ4v) is 1.88. The molecule has 0 heterocycles. The molecule has 0 spiro atoms. The standard InChI is InChI=1S/C14H23N.CH5N.2H2O.H2S.H2/c1-3-8-13(4-2)11-15-12-14-9-6-5-7-10-14;1-2;;;;/h5-7,9-10,13,15H,3-4,8,11-12H2,1-2H3;2H2,1H3;3*1H2;1H/t13-;;;;;/m0...../s1. The number of hydrogen-bond acceptors (Lipinski definition) is 2. The minimum Gasteiger partial charge on any atom is -0.412 e. The summed E-state index contributed by atoms with van der Waals surface area (Å²) in [6.07, 6.45) is 3.93. The van der Waals surface area contributed by atoms with Crippen LogP contribution in [0.15, 0.2) is 30.3 Å². The lowest BCUT2D eigenvalue weighted by molar-refractivity contribution is 0.428. The molecule has 0 aliphatic carbocycles. The molecule has 1 aromatic rings. The van der Waals surface area contributed by atoms with Crippen LogP contribution in [-0.4, -0.2) is 24.5 Å². The third-order valence-corrected chi connectivity index (χ3v) is 2.88. The van der Waals surface area contributed by atoms with Gasteiger partial charge >= 0.3 is 0 Å². The van der Waals surface area contributed by atoms with Crippen LogP contribution < -0.4 is 11.1 Å². The third kappa shape index (κ3) is 13.8. The molecule has 0 radical (unpaired) electrons. The molecule has 0 aliphatic rings. The highest BCUT2D eigenvalue weighted by Crippen LogP contribution is 2.09. The maximum absolute atomic E-state index is 4.50. The van der Waals surface area contributed by atoms with Gasteiger partial charge in [0, 0.05) is 7.97 Å². The Morgan fingerprint density at radius 2 is 1.65 bits per heavy atom. The molecule has 0 unspecified atom stereocenters. The van der Waals surface area contributed by atoms with Crippen LogP contribution in [0.1, 0.15) is 40.1 Å². The lowest BCUT2D eigenvalue weighted by Crippen LogP contribution is -2.22. The molecule has 0 amide bonds. The first-order valence-electron chi connectivity index (χ1n) is 6.69. The van der Waals surface area contributed by atoms with E-state index in [0.717, 1.165) is 19.0 Å². The molecule has 20 heavy (non-hydrogen) atoms. The highest BCUT2D eigenvalue weighted by Gasteiger charge is 2.03. The van der Waals surface area contributed by atoms with Gasteiger partial charge in [0.05, 0.1) is 0 Å². The molecule has 7 N–H and O–H groups in total. The van der Waals surface area contributed by atoms with E-state index in [4.69, 9.17) is 0 Å². The Kier molecular flexibility index (Phi) is 28.7. The van der Waals surface area contributed by atoms with Gasteiger partial charge in [-0.2, -0.15) is 13.5 Å². The van der Waals surface area contributed by atoms with Crippen LogP contribution in [0.3, 0.4) is 0 Å². The molecule has 0 fully saturated rings. The van der Waals surface area contributed by atoms with Crippen LogP contribution in [-0.2, 0) is 6.54 Å². The number of benzene rings is 1. The average Bonchev–Trinajstić information content (AvgIpc) is 2.41. The first-order valence-corrected chi connectivity index (χ1v) is 6.69. The van der Waals surface area contributed by atoms with Gasteiger partial charge in [0.1, 0.15) is 0 Å². The maximum atomic E-state index is 4.50. The van der Waals surface area contributed by atoms with Gasteiger partial charge in [-0.25, -0.2) is 0 Å². The van der Waals surface area contributed by atoms with Gasteiger partial charge in [-0.3, -0.25) is 0 Å². The zero-order valence-electron chi connectivity index (χ0n) is 13.1. The fourth-order valence-electron chi connectivity index (χ4n) is 1.88. The van der Waals surface area contributed by atoms with Crippen molar-refractivity contribution in [3.05, 3.63) is 35.9 Å². The normalized spacial score (nSPS) is 9.80. The number of nitrogens with two attached hydrogens (primary N) is 1. The van der Waals surface area contributed by atoms with E-state index in [1.807, 2.05) is 0 Å². The Balaban J connectivity index is -0.000000136. The lowest BCUT2D eigenvalue weighted by atomic mass is 10.0. The van der Waals surface area contributed by atoms with Crippen molar-refractivity contribution in [1.29, 1.82) is 0 Å². The molecule has 0 bridgehead atoms. The number of nitrogens with one attached hydrogen (secondary N) is 1. The van der Waals surface area contributed by atoms with Crippen molar-refractivity contribution in [2.24, 2.45) is 11.7 Å². The fraction of sp³-hybridized carbons (Fsp3) is 0.600. The third-order valence-electron chi connectivity index (χ3n) is 2.88. The zero-order valence-corrected chi connectivity index (χ0v) is 14.1. The Hall–Kier alpha value is -0.590. The highest BCUT2D eigenvalue weighted by atomic mass is 32.1. The second-order valence-corrected chi connectivity index (χ2v) is 4.18. The maximum Gasteiger partial charge on any atom is 0.0205 e. The first kappa shape index (κ1) is 27.7. The number of rotatable bonds is 7. The van der Waals surface area contributed by atoms with E-state index in [-0.39, 0.29) is 25.9 Å². The van der Waals surface area contributed by atoms with E-state index in [1.54, 1.807) is 0 Å². The number of hydrogen-bond donors (Lipinski definition) is 2. The van der Waals surface area contributed by atoms with Gasteiger partial charge in [0.2, 0.25) is 0 Å². The molecule has 4 nitrogen and oxygen atoms in total. The van der Waals surface area contributed by atoms with E-state index >= 15 is 0 Å². The van der Waals surface area contributed by atoms with Gasteiger partial charge in [-0.15, -0.1) is 0 Å². The smallest absolute Gasteiger partial charge is 0.0205 e. The molecule has 1 rings (SSSR count). The Morgan fingerprint density at radius 1 is 1.10 bits per heavy atom. The summed E-state index contributed by atoms with van der Waals surface area (Å²) in [5.41, 5.74) is 5.88. The van der Waals surface area contributed by atoms with Gasteiger partial charge in [-0.05, 0) is 31.5 Å². The summed E-state index contributed by atoms with van der Waals surface area (Å²) >= 11 is 0. The van der Waals surface area contributed by atoms with Gasteiger partial charge in [0.15, 0.2) is 0 Å². The molecule has 124 valence electrons. The van der Waals surface area contributed by atoms with Crippen molar-refractivity contribution >= 4 is 13.5 Å². The topological polar surface area (TPSA) is 101 Å². The van der Waals surface area contributed by atoms with E-state index in [1.165, 1.54) is 31.9 Å². The van der Waals surface area contributed by atoms with Crippen LogP contribution in [0.4, 0.5) is 0 Å². The van der Waals surface area contributed by atoms with Gasteiger partial charge in [-0.1, -0.05) is 57.0 Å². The predicted molar refractivity (Wildman–Crippen MR) is 96.7 cm³/mol. The van der Waals surface area contributed by atoms with Crippen LogP contribution in [0.5, 0.6) is 0 Å². The molecule has 0 aliphatic heterocycles. The predicted octanol–water partition coefficient (Wildman–Crippen LogP) is 1.89. The minimum absolute atomic E-state index is 0. The van der Waals surface area contributed by atoms with Crippen LogP contribution >= 0.6 is 13.5 Å².